The maximum atomic E-state index is 6.89. The van der Waals surface area contributed by atoms with Gasteiger partial charge in [0.2, 0.25) is 0 Å². The molecule has 0 saturated heterocycles. The zero-order chi connectivity index (χ0) is 44.4. The Morgan fingerprint density at radius 2 is 0.955 bits per heavy atom. The van der Waals surface area contributed by atoms with E-state index in [1.807, 2.05) is 0 Å². The largest absolute Gasteiger partial charge is 0.456 e. The molecule has 2 aliphatic carbocycles. The van der Waals surface area contributed by atoms with Gasteiger partial charge in [-0.25, -0.2) is 0 Å². The molecule has 0 N–H and O–H groups in total. The Bertz CT molecular complexity index is 3790. The molecule has 0 saturated carbocycles. The summed E-state index contributed by atoms with van der Waals surface area (Å²) in [4.78, 5) is 4.81. The van der Waals surface area contributed by atoms with Gasteiger partial charge in [-0.3, -0.25) is 0 Å². The molecule has 1 unspecified atom stereocenters. The highest BCUT2D eigenvalue weighted by molar-refractivity contribution is 6.07. The van der Waals surface area contributed by atoms with Crippen LogP contribution in [-0.2, 0) is 10.8 Å². The van der Waals surface area contributed by atoms with Crippen molar-refractivity contribution in [1.82, 2.24) is 0 Å². The summed E-state index contributed by atoms with van der Waals surface area (Å²) in [6, 6.07) is 84.8. The number of hydrogen-bond donors (Lipinski definition) is 0. The molecule has 1 aromatic heterocycles. The summed E-state index contributed by atoms with van der Waals surface area (Å²) in [5.41, 5.74) is 23.3. The second-order valence-corrected chi connectivity index (χ2v) is 18.8. The Morgan fingerprint density at radius 1 is 0.388 bits per heavy atom. The standard InChI is InChI=1S/C64H44N2O/c1-63(2)54-25-13-12-23-48(54)49-35-31-46(39-56(49)63)65(44-19-8-4-9-20-44)47-32-36-52-51-34-30-42(38-60(51)67-61(52)40-47)41-29-33-50-53-24-16-28-59-62(53)64(57(50)37-41,43-17-6-3-7-18-43)55-26-14-15-27-58(55)66(59)45-21-10-5-11-22-45/h3-40H,1-2H3. The number of para-hydroxylation sites is 3. The quantitative estimate of drug-likeness (QED) is 0.166. The van der Waals surface area contributed by atoms with E-state index in [4.69, 9.17) is 4.42 Å². The number of anilines is 6. The van der Waals surface area contributed by atoms with E-state index in [-0.39, 0.29) is 5.41 Å². The summed E-state index contributed by atoms with van der Waals surface area (Å²) in [6.45, 7) is 4.69. The smallest absolute Gasteiger partial charge is 0.137 e. The molecule has 11 aromatic rings. The minimum atomic E-state index is -0.524. The normalized spacial score (nSPS) is 15.8. The van der Waals surface area contributed by atoms with Gasteiger partial charge in [-0.15, -0.1) is 0 Å². The van der Waals surface area contributed by atoms with E-state index in [0.29, 0.717) is 0 Å². The molecule has 14 rings (SSSR count). The van der Waals surface area contributed by atoms with Crippen molar-refractivity contribution in [3.63, 3.8) is 0 Å². The molecule has 2 heterocycles. The lowest BCUT2D eigenvalue weighted by atomic mass is 9.64. The van der Waals surface area contributed by atoms with Gasteiger partial charge in [0.15, 0.2) is 0 Å². The highest BCUT2D eigenvalue weighted by Gasteiger charge is 2.52. The Morgan fingerprint density at radius 3 is 1.78 bits per heavy atom. The van der Waals surface area contributed by atoms with Gasteiger partial charge in [0.1, 0.15) is 11.2 Å². The second-order valence-electron chi connectivity index (χ2n) is 18.8. The fourth-order valence-electron chi connectivity index (χ4n) is 12.1. The van der Waals surface area contributed by atoms with Crippen LogP contribution in [0.3, 0.4) is 0 Å². The molecule has 67 heavy (non-hydrogen) atoms. The Hall–Kier alpha value is -8.40. The fourth-order valence-corrected chi connectivity index (χ4v) is 12.1. The van der Waals surface area contributed by atoms with E-state index in [1.54, 1.807) is 0 Å². The maximum absolute atomic E-state index is 6.89. The van der Waals surface area contributed by atoms with Crippen molar-refractivity contribution in [3.8, 4) is 33.4 Å². The van der Waals surface area contributed by atoms with Gasteiger partial charge < -0.3 is 14.2 Å². The summed E-state index contributed by atoms with van der Waals surface area (Å²) in [5.74, 6) is 0. The molecule has 3 heteroatoms. The van der Waals surface area contributed by atoms with E-state index < -0.39 is 5.41 Å². The highest BCUT2D eigenvalue weighted by atomic mass is 16.3. The molecule has 10 aromatic carbocycles. The minimum absolute atomic E-state index is 0.108. The predicted molar refractivity (Wildman–Crippen MR) is 277 cm³/mol. The van der Waals surface area contributed by atoms with Crippen molar-refractivity contribution in [1.29, 1.82) is 0 Å². The number of benzene rings is 10. The molecule has 0 spiro atoms. The number of rotatable bonds is 6. The lowest BCUT2D eigenvalue weighted by Crippen LogP contribution is -2.35. The topological polar surface area (TPSA) is 19.6 Å². The van der Waals surface area contributed by atoms with Crippen LogP contribution in [0.5, 0.6) is 0 Å². The molecule has 316 valence electrons. The van der Waals surface area contributed by atoms with Crippen LogP contribution >= 0.6 is 0 Å². The molecular weight excluding hydrogens is 813 g/mol. The third-order valence-corrected chi connectivity index (χ3v) is 15.0. The van der Waals surface area contributed by atoms with Gasteiger partial charge in [-0.2, -0.15) is 0 Å². The van der Waals surface area contributed by atoms with Crippen LogP contribution in [0, 0.1) is 0 Å². The van der Waals surface area contributed by atoms with E-state index in [2.05, 4.69) is 254 Å². The van der Waals surface area contributed by atoms with Gasteiger partial charge in [0.05, 0.1) is 16.8 Å². The molecule has 0 fully saturated rings. The third-order valence-electron chi connectivity index (χ3n) is 15.0. The van der Waals surface area contributed by atoms with E-state index in [9.17, 15) is 0 Å². The van der Waals surface area contributed by atoms with Crippen molar-refractivity contribution < 1.29 is 4.42 Å². The summed E-state index contributed by atoms with van der Waals surface area (Å²) >= 11 is 0. The van der Waals surface area contributed by atoms with Crippen molar-refractivity contribution in [2.45, 2.75) is 24.7 Å². The summed E-state index contributed by atoms with van der Waals surface area (Å²) in [7, 11) is 0. The number of furan rings is 1. The van der Waals surface area contributed by atoms with E-state index in [1.165, 1.54) is 67.0 Å². The first-order chi connectivity index (χ1) is 33.0. The lowest BCUT2D eigenvalue weighted by molar-refractivity contribution is 0.660. The first-order valence-corrected chi connectivity index (χ1v) is 23.3. The second kappa shape index (κ2) is 14.1. The first-order valence-electron chi connectivity index (χ1n) is 23.3. The van der Waals surface area contributed by atoms with Crippen molar-refractivity contribution in [3.05, 3.63) is 264 Å². The minimum Gasteiger partial charge on any atom is -0.456 e. The zero-order valence-electron chi connectivity index (χ0n) is 37.2. The number of hydrogen-bond acceptors (Lipinski definition) is 3. The van der Waals surface area contributed by atoms with Crippen LogP contribution in [0.4, 0.5) is 34.1 Å². The van der Waals surface area contributed by atoms with E-state index in [0.717, 1.165) is 55.8 Å². The summed E-state index contributed by atoms with van der Waals surface area (Å²) < 4.78 is 6.89. The Kier molecular flexibility index (Phi) is 7.95. The van der Waals surface area contributed by atoms with Crippen molar-refractivity contribution in [2.75, 3.05) is 9.80 Å². The average molecular weight is 857 g/mol. The fraction of sp³-hybridized carbons (Fsp3) is 0.0625. The van der Waals surface area contributed by atoms with Gasteiger partial charge in [-0.05, 0) is 140 Å². The monoisotopic (exact) mass is 856 g/mol. The van der Waals surface area contributed by atoms with Crippen LogP contribution in [0.2, 0.25) is 0 Å². The SMILES string of the molecule is CC1(C)c2ccccc2-c2ccc(N(c3ccccc3)c3ccc4c(c3)oc3cc(-c5ccc6c(c5)C5(c7ccccc7)c7ccccc7N(c7ccccc7)c7cccc-6c75)ccc34)cc21. The van der Waals surface area contributed by atoms with Crippen molar-refractivity contribution >= 4 is 56.1 Å². The first kappa shape index (κ1) is 37.9. The van der Waals surface area contributed by atoms with E-state index >= 15 is 0 Å². The molecule has 0 radical (unpaired) electrons. The Labute approximate surface area is 390 Å². The molecular formula is C64H44N2O. The van der Waals surface area contributed by atoms with Gasteiger partial charge in [-0.1, -0.05) is 159 Å². The molecule has 1 aliphatic heterocycles. The van der Waals surface area contributed by atoms with Gasteiger partial charge >= 0.3 is 0 Å². The summed E-state index contributed by atoms with van der Waals surface area (Å²) in [5, 5.41) is 2.21. The maximum Gasteiger partial charge on any atom is 0.137 e. The molecule has 0 bridgehead atoms. The predicted octanol–water partition coefficient (Wildman–Crippen LogP) is 17.2. The zero-order valence-corrected chi connectivity index (χ0v) is 37.2. The average Bonchev–Trinajstić information content (AvgIpc) is 3.98. The van der Waals surface area contributed by atoms with Crippen molar-refractivity contribution in [2.24, 2.45) is 0 Å². The van der Waals surface area contributed by atoms with Crippen LogP contribution in [-0.4, -0.2) is 0 Å². The van der Waals surface area contributed by atoms with Crippen LogP contribution < -0.4 is 9.80 Å². The van der Waals surface area contributed by atoms with Crippen LogP contribution in [0.15, 0.2) is 235 Å². The Balaban J connectivity index is 0.901. The van der Waals surface area contributed by atoms with Crippen LogP contribution in [0.1, 0.15) is 47.2 Å². The molecule has 1 atom stereocenters. The number of fused-ring (bicyclic) bond motifs is 11. The number of nitrogens with zero attached hydrogens (tertiary/aromatic N) is 2. The molecule has 3 aliphatic rings. The third kappa shape index (κ3) is 5.28. The molecule has 0 amide bonds. The molecule has 3 nitrogen and oxygen atoms in total. The lowest BCUT2D eigenvalue weighted by Gasteiger charge is -2.44. The highest BCUT2D eigenvalue weighted by Crippen LogP contribution is 2.65. The van der Waals surface area contributed by atoms with Gasteiger partial charge in [0.25, 0.3) is 0 Å². The van der Waals surface area contributed by atoms with Crippen LogP contribution in [0.25, 0.3) is 55.3 Å². The summed E-state index contributed by atoms with van der Waals surface area (Å²) in [6.07, 6.45) is 0. The van der Waals surface area contributed by atoms with Gasteiger partial charge in [0, 0.05) is 50.6 Å².